The number of benzene rings is 2. The summed E-state index contributed by atoms with van der Waals surface area (Å²) in [6, 6.07) is 8.92. The number of carbonyl (C=O) groups is 2. The third kappa shape index (κ3) is 17.4. The molecule has 0 aromatic heterocycles. The van der Waals surface area contributed by atoms with E-state index < -0.39 is 41.8 Å². The second-order valence-electron chi connectivity index (χ2n) is 10.9. The molecule has 14 heteroatoms. The van der Waals surface area contributed by atoms with E-state index in [4.69, 9.17) is 18.7 Å². The van der Waals surface area contributed by atoms with E-state index in [-0.39, 0.29) is 56.0 Å². The molecule has 2 aromatic carbocycles. The molecule has 0 saturated carbocycles. The lowest BCUT2D eigenvalue weighted by Crippen LogP contribution is -2.55. The van der Waals surface area contributed by atoms with Crippen molar-refractivity contribution in [2.24, 2.45) is 0 Å². The first-order chi connectivity index (χ1) is 22.2. The second kappa shape index (κ2) is 24.6. The molecule has 10 nitrogen and oxygen atoms in total. The number of ether oxygens (including phenoxy) is 2. The zero-order valence-electron chi connectivity index (χ0n) is 27.6. The van der Waals surface area contributed by atoms with Gasteiger partial charge >= 0.3 is 6.09 Å². The molecule has 4 N–H and O–H groups in total. The maximum absolute atomic E-state index is 14.0. The number of aliphatic hydroxyl groups is 1. The van der Waals surface area contributed by atoms with Gasteiger partial charge in [0.05, 0.1) is 30.6 Å². The molecule has 266 valence electrons. The molecule has 2 aromatic rings. The topological polar surface area (TPSA) is 127 Å². The first-order valence-electron chi connectivity index (χ1n) is 15.8. The van der Waals surface area contributed by atoms with Gasteiger partial charge in [-0.3, -0.25) is 4.79 Å². The van der Waals surface area contributed by atoms with Crippen LogP contribution < -0.4 is 16.0 Å². The van der Waals surface area contributed by atoms with Crippen LogP contribution >= 0.6 is 24.4 Å². The van der Waals surface area contributed by atoms with E-state index in [1.807, 2.05) is 32.0 Å². The third-order valence-electron chi connectivity index (χ3n) is 7.06. The Kier molecular flexibility index (Phi) is 22.2. The highest BCUT2D eigenvalue weighted by Gasteiger charge is 2.28. The lowest BCUT2D eigenvalue weighted by Gasteiger charge is -2.27. The van der Waals surface area contributed by atoms with Gasteiger partial charge in [0.15, 0.2) is 0 Å². The van der Waals surface area contributed by atoms with Gasteiger partial charge in [-0.15, -0.1) is 12.4 Å². The van der Waals surface area contributed by atoms with Crippen LogP contribution in [-0.4, -0.2) is 74.0 Å². The quantitative estimate of drug-likeness (QED) is 0.0518. The van der Waals surface area contributed by atoms with Crippen LogP contribution in [0.1, 0.15) is 63.1 Å². The summed E-state index contributed by atoms with van der Waals surface area (Å²) < 4.78 is 43.3. The van der Waals surface area contributed by atoms with Crippen LogP contribution in [0.3, 0.4) is 0 Å². The van der Waals surface area contributed by atoms with Crippen molar-refractivity contribution in [2.45, 2.75) is 90.1 Å². The van der Waals surface area contributed by atoms with E-state index in [1.165, 1.54) is 12.7 Å². The fourth-order valence-corrected chi connectivity index (χ4v) is 5.26. The molecule has 0 spiro atoms. The fourth-order valence-electron chi connectivity index (χ4n) is 4.66. The molecule has 0 heterocycles. The zero-order chi connectivity index (χ0) is 33.7. The predicted molar refractivity (Wildman–Crippen MR) is 181 cm³/mol. The molecule has 0 bridgehead atoms. The molecule has 2 rings (SSSR count). The smallest absolute Gasteiger partial charge is 0.407 e. The van der Waals surface area contributed by atoms with Gasteiger partial charge in [0, 0.05) is 38.3 Å². The molecule has 3 atom stereocenters. The van der Waals surface area contributed by atoms with Crippen LogP contribution in [-0.2, 0) is 42.9 Å². The van der Waals surface area contributed by atoms with Gasteiger partial charge in [0.25, 0.3) is 0 Å². The normalized spacial score (nSPS) is 13.0. The Hall–Kier alpha value is -2.52. The van der Waals surface area contributed by atoms with Crippen molar-refractivity contribution < 1.29 is 42.2 Å². The Labute approximate surface area is 287 Å². The van der Waals surface area contributed by atoms with Crippen LogP contribution in [0.2, 0.25) is 0 Å². The molecule has 0 saturated heterocycles. The molecule has 0 unspecified atom stereocenters. The average Bonchev–Trinajstić information content (AvgIpc) is 3.02. The minimum atomic E-state index is -1.16. The standard InChI is InChI=1S/C33H49F2N3O7S.ClH/c1-5-9-28(10-6-2)44-45-46-22-30(38-33(41)43-14-13-42-4)32(40)37-29(18-25-16-26(34)19-27(35)17-25)31(39)21-36-20-24-12-8-11-23(7-3)15-24;/h8,11-12,15-17,19,28-31,36,39H,5-7,9-10,13-14,18,20-22H2,1-4H3,(H,37,40)(H,38,41);1H/t29-,30+,31+;/m0./s1. The lowest BCUT2D eigenvalue weighted by molar-refractivity contribution is -0.234. The van der Waals surface area contributed by atoms with Crippen molar-refractivity contribution in [1.82, 2.24) is 16.0 Å². The highest BCUT2D eigenvalue weighted by molar-refractivity contribution is 7.94. The zero-order valence-corrected chi connectivity index (χ0v) is 29.2. The van der Waals surface area contributed by atoms with Crippen molar-refractivity contribution in [3.05, 3.63) is 70.8 Å². The molecule has 0 aliphatic rings. The number of hydrogen-bond donors (Lipinski definition) is 4. The number of rotatable bonds is 23. The van der Waals surface area contributed by atoms with E-state index >= 15 is 0 Å². The molecule has 0 aliphatic heterocycles. The number of nitrogens with one attached hydrogen (secondary N) is 3. The average molecular weight is 706 g/mol. The van der Waals surface area contributed by atoms with Gasteiger partial charge in [-0.25, -0.2) is 18.5 Å². The molecular weight excluding hydrogens is 656 g/mol. The first-order valence-corrected chi connectivity index (χ1v) is 16.7. The van der Waals surface area contributed by atoms with Gasteiger partial charge in [-0.2, -0.15) is 4.33 Å². The number of halogens is 3. The summed E-state index contributed by atoms with van der Waals surface area (Å²) in [4.78, 5) is 31.5. The first kappa shape index (κ1) is 42.5. The largest absolute Gasteiger partial charge is 0.447 e. The van der Waals surface area contributed by atoms with E-state index in [9.17, 15) is 23.5 Å². The number of hydrogen-bond acceptors (Lipinski definition) is 9. The molecular formula is C33H50ClF2N3O7S. The van der Waals surface area contributed by atoms with Crippen LogP contribution in [0.5, 0.6) is 0 Å². The van der Waals surface area contributed by atoms with E-state index in [1.54, 1.807) is 0 Å². The van der Waals surface area contributed by atoms with E-state index in [2.05, 4.69) is 28.9 Å². The monoisotopic (exact) mass is 705 g/mol. The van der Waals surface area contributed by atoms with E-state index in [0.29, 0.717) is 6.54 Å². The number of amides is 2. The fraction of sp³-hybridized carbons (Fsp3) is 0.576. The minimum absolute atomic E-state index is 0. The van der Waals surface area contributed by atoms with Crippen LogP contribution in [0.15, 0.2) is 42.5 Å². The molecule has 0 aliphatic carbocycles. The summed E-state index contributed by atoms with van der Waals surface area (Å²) in [7, 11) is 1.46. The summed E-state index contributed by atoms with van der Waals surface area (Å²) in [6.45, 7) is 6.81. The van der Waals surface area contributed by atoms with Gasteiger partial charge < -0.3 is 30.5 Å². The third-order valence-corrected chi connectivity index (χ3v) is 7.71. The van der Waals surface area contributed by atoms with Gasteiger partial charge in [-0.05, 0) is 54.5 Å². The van der Waals surface area contributed by atoms with E-state index in [0.717, 1.165) is 67.9 Å². The summed E-state index contributed by atoms with van der Waals surface area (Å²) in [6.07, 6.45) is 2.13. The van der Waals surface area contributed by atoms with Gasteiger partial charge in [0.2, 0.25) is 5.91 Å². The van der Waals surface area contributed by atoms with Gasteiger partial charge in [-0.1, -0.05) is 57.9 Å². The second-order valence-corrected chi connectivity index (χ2v) is 11.6. The SMILES string of the molecule is CCCC(CCC)OOSC[C@@H](NC(=O)OCCOC)C(=O)N[C@@H](Cc1cc(F)cc(F)c1)[C@H](O)CNCc1cccc(CC)c1.Cl. The maximum atomic E-state index is 14.0. The van der Waals surface area contributed by atoms with Crippen molar-refractivity contribution >= 4 is 36.5 Å². The number of methoxy groups -OCH3 is 1. The van der Waals surface area contributed by atoms with Crippen molar-refractivity contribution in [3.63, 3.8) is 0 Å². The lowest BCUT2D eigenvalue weighted by atomic mass is 10.00. The Morgan fingerprint density at radius 1 is 0.936 bits per heavy atom. The van der Waals surface area contributed by atoms with Crippen LogP contribution in [0.4, 0.5) is 13.6 Å². The van der Waals surface area contributed by atoms with Crippen LogP contribution in [0, 0.1) is 11.6 Å². The van der Waals surface area contributed by atoms with Crippen molar-refractivity contribution in [3.8, 4) is 0 Å². The molecule has 2 amide bonds. The van der Waals surface area contributed by atoms with Gasteiger partial charge in [0.1, 0.15) is 24.3 Å². The van der Waals surface area contributed by atoms with Crippen molar-refractivity contribution in [2.75, 3.05) is 32.6 Å². The Balaban J connectivity index is 0.0000110. The highest BCUT2D eigenvalue weighted by atomic mass is 35.5. The molecule has 0 fully saturated rings. The molecule has 47 heavy (non-hydrogen) atoms. The summed E-state index contributed by atoms with van der Waals surface area (Å²) in [5.74, 6) is -2.27. The number of aliphatic hydroxyl groups excluding tert-OH is 1. The summed E-state index contributed by atoms with van der Waals surface area (Å²) >= 11 is 0.846. The maximum Gasteiger partial charge on any atom is 0.407 e. The number of carbonyl (C=O) groups excluding carboxylic acids is 2. The number of alkyl carbamates (subject to hydrolysis) is 1. The number of aryl methyl sites for hydroxylation is 1. The Morgan fingerprint density at radius 3 is 2.26 bits per heavy atom. The summed E-state index contributed by atoms with van der Waals surface area (Å²) in [5, 5.41) is 19.6. The highest BCUT2D eigenvalue weighted by Crippen LogP contribution is 2.16. The Morgan fingerprint density at radius 2 is 1.62 bits per heavy atom. The summed E-state index contributed by atoms with van der Waals surface area (Å²) in [5.41, 5.74) is 2.44. The predicted octanol–water partition coefficient (Wildman–Crippen LogP) is 5.43. The van der Waals surface area contributed by atoms with Crippen LogP contribution in [0.25, 0.3) is 0 Å². The molecule has 0 radical (unpaired) electrons. The van der Waals surface area contributed by atoms with Crippen molar-refractivity contribution in [1.29, 1.82) is 0 Å². The Bertz CT molecular complexity index is 1160. The minimum Gasteiger partial charge on any atom is -0.447 e.